The molecule has 2 N–H and O–H groups in total. The van der Waals surface area contributed by atoms with Crippen LogP contribution < -0.4 is 14.8 Å². The molecule has 0 aliphatic rings. The van der Waals surface area contributed by atoms with Crippen LogP contribution in [-0.4, -0.2) is 35.3 Å². The van der Waals surface area contributed by atoms with Crippen molar-refractivity contribution < 1.29 is 17.9 Å². The highest BCUT2D eigenvalue weighted by atomic mass is 35.5. The van der Waals surface area contributed by atoms with E-state index in [2.05, 4.69) is 20.1 Å². The van der Waals surface area contributed by atoms with E-state index in [-0.39, 0.29) is 16.3 Å². The molecule has 0 bridgehead atoms. The monoisotopic (exact) mass is 497 g/mol. The first-order valence-corrected chi connectivity index (χ1v) is 12.3. The number of anilines is 2. The summed E-state index contributed by atoms with van der Waals surface area (Å²) in [6.45, 7) is 0.354. The number of pyridine rings is 1. The first kappa shape index (κ1) is 23.3. The van der Waals surface area contributed by atoms with Gasteiger partial charge in [0.1, 0.15) is 6.61 Å². The second-order valence-electron chi connectivity index (χ2n) is 7.33. The van der Waals surface area contributed by atoms with E-state index in [9.17, 15) is 13.2 Å². The number of rotatable bonds is 8. The van der Waals surface area contributed by atoms with Crippen molar-refractivity contribution >= 4 is 38.9 Å². The molecule has 0 saturated carbocycles. The van der Waals surface area contributed by atoms with Gasteiger partial charge in [-0.25, -0.2) is 18.1 Å². The number of sulfonamides is 1. The average Bonchev–Trinajstić information content (AvgIpc) is 3.27. The third-order valence-electron chi connectivity index (χ3n) is 4.51. The molecule has 0 aliphatic carbocycles. The predicted molar refractivity (Wildman–Crippen MR) is 130 cm³/mol. The molecule has 2 heterocycles. The van der Waals surface area contributed by atoms with Gasteiger partial charge in [0.05, 0.1) is 23.7 Å². The van der Waals surface area contributed by atoms with E-state index in [0.717, 1.165) is 11.8 Å². The van der Waals surface area contributed by atoms with Crippen LogP contribution in [-0.2, 0) is 16.6 Å². The normalized spacial score (nSPS) is 11.1. The van der Waals surface area contributed by atoms with Crippen molar-refractivity contribution in [1.29, 1.82) is 0 Å². The number of halogens is 1. The van der Waals surface area contributed by atoms with Gasteiger partial charge in [0.2, 0.25) is 10.0 Å². The molecule has 9 nitrogen and oxygen atoms in total. The quantitative estimate of drug-likeness (QED) is 0.378. The highest BCUT2D eigenvalue weighted by Gasteiger charge is 2.14. The van der Waals surface area contributed by atoms with Crippen LogP contribution in [0.3, 0.4) is 0 Å². The van der Waals surface area contributed by atoms with Gasteiger partial charge < -0.3 is 10.1 Å². The summed E-state index contributed by atoms with van der Waals surface area (Å²) >= 11 is 6.06. The zero-order valence-electron chi connectivity index (χ0n) is 18.0. The van der Waals surface area contributed by atoms with E-state index < -0.39 is 15.9 Å². The fourth-order valence-electron chi connectivity index (χ4n) is 3.10. The first-order valence-electron chi connectivity index (χ1n) is 10.0. The number of ether oxygens (including phenoxy) is 1. The fraction of sp³-hybridized carbons (Fsp3) is 0.0870. The number of nitrogens with one attached hydrogen (secondary N) is 2. The lowest BCUT2D eigenvalue weighted by molar-refractivity contribution is 0.102. The Hall–Kier alpha value is -3.89. The van der Waals surface area contributed by atoms with Gasteiger partial charge in [-0.1, -0.05) is 41.9 Å². The number of hydrogen-bond donors (Lipinski definition) is 2. The summed E-state index contributed by atoms with van der Waals surface area (Å²) in [7, 11) is -3.50. The maximum absolute atomic E-state index is 12.8. The van der Waals surface area contributed by atoms with Crippen molar-refractivity contribution in [1.82, 2.24) is 14.8 Å². The van der Waals surface area contributed by atoms with Crippen molar-refractivity contribution in [3.8, 4) is 11.6 Å². The Kier molecular flexibility index (Phi) is 6.80. The highest BCUT2D eigenvalue weighted by Crippen LogP contribution is 2.25. The molecule has 2 aromatic carbocycles. The molecule has 0 fully saturated rings. The van der Waals surface area contributed by atoms with Crippen LogP contribution >= 0.6 is 11.6 Å². The van der Waals surface area contributed by atoms with Crippen molar-refractivity contribution in [2.75, 3.05) is 16.3 Å². The van der Waals surface area contributed by atoms with Crippen LogP contribution in [0.2, 0.25) is 5.02 Å². The van der Waals surface area contributed by atoms with E-state index in [4.69, 9.17) is 16.3 Å². The lowest BCUT2D eigenvalue weighted by Gasteiger charge is -2.10. The molecule has 0 radical (unpaired) electrons. The lowest BCUT2D eigenvalue weighted by atomic mass is 10.2. The molecule has 34 heavy (non-hydrogen) atoms. The number of carbonyl (C=O) groups excluding carboxylic acids is 1. The topological polar surface area (TPSA) is 115 Å². The summed E-state index contributed by atoms with van der Waals surface area (Å²) in [4.78, 5) is 17.1. The highest BCUT2D eigenvalue weighted by molar-refractivity contribution is 7.92. The van der Waals surface area contributed by atoms with E-state index in [1.165, 1.54) is 35.3 Å². The number of amides is 1. The smallest absolute Gasteiger partial charge is 0.258 e. The van der Waals surface area contributed by atoms with Gasteiger partial charge in [-0.3, -0.25) is 9.52 Å². The van der Waals surface area contributed by atoms with Crippen LogP contribution in [0.25, 0.3) is 5.82 Å². The van der Waals surface area contributed by atoms with E-state index in [1.807, 2.05) is 30.3 Å². The SMILES string of the molecule is CS(=O)(=O)Nc1cc(Cl)cc(NC(=O)c2cnn(-c3ncccc3OCc3ccccc3)c2)c1. The average molecular weight is 498 g/mol. The van der Waals surface area contributed by atoms with Crippen molar-refractivity contribution in [3.05, 3.63) is 95.4 Å². The molecule has 0 spiro atoms. The molecule has 11 heteroatoms. The summed E-state index contributed by atoms with van der Waals surface area (Å²) in [5.74, 6) is 0.481. The molecular formula is C23H20ClN5O4S. The summed E-state index contributed by atoms with van der Waals surface area (Å²) in [6, 6.07) is 17.6. The molecule has 4 rings (SSSR count). The zero-order valence-corrected chi connectivity index (χ0v) is 19.5. The lowest BCUT2D eigenvalue weighted by Crippen LogP contribution is -2.13. The van der Waals surface area contributed by atoms with Crippen LogP contribution in [0, 0.1) is 0 Å². The number of nitrogens with zero attached hydrogens (tertiary/aromatic N) is 3. The second kappa shape index (κ2) is 9.94. The Bertz CT molecular complexity index is 1420. The Balaban J connectivity index is 1.50. The Labute approximate surface area is 201 Å². The third kappa shape index (κ3) is 6.12. The van der Waals surface area contributed by atoms with E-state index >= 15 is 0 Å². The van der Waals surface area contributed by atoms with E-state index in [0.29, 0.717) is 23.9 Å². The summed E-state index contributed by atoms with van der Waals surface area (Å²) in [6.07, 6.45) is 5.54. The molecule has 1 amide bonds. The van der Waals surface area contributed by atoms with Crippen LogP contribution in [0.5, 0.6) is 5.75 Å². The summed E-state index contributed by atoms with van der Waals surface area (Å²) in [5.41, 5.74) is 1.82. The van der Waals surface area contributed by atoms with Crippen LogP contribution in [0.1, 0.15) is 15.9 Å². The van der Waals surface area contributed by atoms with E-state index in [1.54, 1.807) is 18.3 Å². The first-order chi connectivity index (χ1) is 16.3. The predicted octanol–water partition coefficient (Wildman–Crippen LogP) is 4.12. The minimum absolute atomic E-state index is 0.231. The molecule has 4 aromatic rings. The van der Waals surface area contributed by atoms with Crippen molar-refractivity contribution in [3.63, 3.8) is 0 Å². The van der Waals surface area contributed by atoms with Gasteiger partial charge >= 0.3 is 0 Å². The standard InChI is InChI=1S/C23H20ClN5O4S/c1-34(31,32)28-20-11-18(24)10-19(12-20)27-23(30)17-13-26-29(14-17)22-21(8-5-9-25-22)33-15-16-6-3-2-4-7-16/h2-14,28H,15H2,1H3,(H,27,30). The van der Waals surface area contributed by atoms with Crippen molar-refractivity contribution in [2.45, 2.75) is 6.61 Å². The van der Waals surface area contributed by atoms with Gasteiger partial charge in [-0.15, -0.1) is 0 Å². The Morgan fingerprint density at radius 3 is 2.62 bits per heavy atom. The van der Waals surface area contributed by atoms with Gasteiger partial charge in [0, 0.05) is 23.1 Å². The molecule has 174 valence electrons. The summed E-state index contributed by atoms with van der Waals surface area (Å²) in [5, 5.41) is 7.19. The fourth-order valence-corrected chi connectivity index (χ4v) is 3.88. The number of aromatic nitrogens is 3. The largest absolute Gasteiger partial charge is 0.485 e. The van der Waals surface area contributed by atoms with Gasteiger partial charge in [0.15, 0.2) is 11.6 Å². The molecule has 0 saturated heterocycles. The third-order valence-corrected chi connectivity index (χ3v) is 5.33. The van der Waals surface area contributed by atoms with Gasteiger partial charge in [0.25, 0.3) is 5.91 Å². The molecule has 0 atom stereocenters. The maximum atomic E-state index is 12.8. The molecular weight excluding hydrogens is 478 g/mol. The van der Waals surface area contributed by atoms with Gasteiger partial charge in [-0.05, 0) is 35.9 Å². The maximum Gasteiger partial charge on any atom is 0.258 e. The Morgan fingerprint density at radius 2 is 1.85 bits per heavy atom. The molecule has 2 aromatic heterocycles. The van der Waals surface area contributed by atoms with Crippen molar-refractivity contribution in [2.24, 2.45) is 0 Å². The van der Waals surface area contributed by atoms with Crippen LogP contribution in [0.15, 0.2) is 79.3 Å². The second-order valence-corrected chi connectivity index (χ2v) is 9.51. The van der Waals surface area contributed by atoms with Crippen LogP contribution in [0.4, 0.5) is 11.4 Å². The Morgan fingerprint density at radius 1 is 1.09 bits per heavy atom. The van der Waals surface area contributed by atoms with Gasteiger partial charge in [-0.2, -0.15) is 5.10 Å². The zero-order chi connectivity index (χ0) is 24.1. The number of hydrogen-bond acceptors (Lipinski definition) is 6. The number of benzene rings is 2. The number of carbonyl (C=O) groups is 1. The summed E-state index contributed by atoms with van der Waals surface area (Å²) < 4.78 is 32.7. The molecule has 0 unspecified atom stereocenters. The minimum Gasteiger partial charge on any atom is -0.485 e. The molecule has 0 aliphatic heterocycles. The minimum atomic E-state index is -3.50.